The fraction of sp³-hybridized carbons (Fsp3) is 0.750. The lowest BCUT2D eigenvalue weighted by Crippen LogP contribution is -2.50. The second kappa shape index (κ2) is 2.26. The molecule has 0 aromatic rings. The van der Waals surface area contributed by atoms with E-state index in [-0.39, 0.29) is 11.3 Å². The third-order valence-corrected chi connectivity index (χ3v) is 4.23. The number of Topliss-reactive ketones (excluding diaryl/α,β-unsaturated/α-hetero) is 1. The molecule has 72 valence electrons. The van der Waals surface area contributed by atoms with Crippen molar-refractivity contribution in [3.63, 3.8) is 0 Å². The standard InChI is InChI=1S/C12H18O/c1-8(13)9-7-10-11(2,3)5-6-12(9,10)4/h5-6,9-10H,7H2,1-4H3/t9-,10+,12+/m1/s1. The van der Waals surface area contributed by atoms with Gasteiger partial charge in [-0.2, -0.15) is 0 Å². The Balaban J connectivity index is 2.27. The van der Waals surface area contributed by atoms with Crippen LogP contribution in [0.5, 0.6) is 0 Å². The number of allylic oxidation sites excluding steroid dienone is 2. The van der Waals surface area contributed by atoms with E-state index < -0.39 is 0 Å². The summed E-state index contributed by atoms with van der Waals surface area (Å²) in [5.41, 5.74) is 0.482. The average molecular weight is 178 g/mol. The SMILES string of the molecule is CC(=O)[C@H]1C[C@H]2C(C)(C)C=C[C@@]12C. The Kier molecular flexibility index (Phi) is 1.56. The summed E-state index contributed by atoms with van der Waals surface area (Å²) in [6, 6.07) is 0. The lowest BCUT2D eigenvalue weighted by molar-refractivity contribution is -0.136. The Morgan fingerprint density at radius 2 is 1.92 bits per heavy atom. The van der Waals surface area contributed by atoms with Gasteiger partial charge in [-0.05, 0) is 30.1 Å². The van der Waals surface area contributed by atoms with Gasteiger partial charge in [0, 0.05) is 5.92 Å². The largest absolute Gasteiger partial charge is 0.300 e. The van der Waals surface area contributed by atoms with Crippen LogP contribution in [0.1, 0.15) is 34.1 Å². The number of carbonyl (C=O) groups is 1. The minimum atomic E-state index is 0.176. The minimum Gasteiger partial charge on any atom is -0.300 e. The van der Waals surface area contributed by atoms with Gasteiger partial charge in [-0.3, -0.25) is 4.79 Å². The molecule has 1 fully saturated rings. The molecule has 0 saturated heterocycles. The average Bonchev–Trinajstić information content (AvgIpc) is 2.10. The molecule has 0 aromatic carbocycles. The smallest absolute Gasteiger partial charge is 0.133 e. The maximum Gasteiger partial charge on any atom is 0.133 e. The van der Waals surface area contributed by atoms with Crippen molar-refractivity contribution < 1.29 is 4.79 Å². The minimum absolute atomic E-state index is 0.176. The first-order valence-corrected chi connectivity index (χ1v) is 5.09. The Bertz CT molecular complexity index is 287. The molecule has 2 aliphatic rings. The molecule has 1 saturated carbocycles. The predicted molar refractivity (Wildman–Crippen MR) is 53.3 cm³/mol. The predicted octanol–water partition coefficient (Wildman–Crippen LogP) is 2.81. The number of rotatable bonds is 1. The second-order valence-electron chi connectivity index (χ2n) is 5.47. The quantitative estimate of drug-likeness (QED) is 0.564. The van der Waals surface area contributed by atoms with Crippen molar-refractivity contribution in [2.45, 2.75) is 34.1 Å². The monoisotopic (exact) mass is 178 g/mol. The molecule has 3 atom stereocenters. The number of fused-ring (bicyclic) bond motifs is 1. The first-order chi connectivity index (χ1) is 5.88. The summed E-state index contributed by atoms with van der Waals surface area (Å²) in [5, 5.41) is 0. The Morgan fingerprint density at radius 1 is 1.31 bits per heavy atom. The molecule has 0 unspecified atom stereocenters. The van der Waals surface area contributed by atoms with Crippen molar-refractivity contribution in [1.29, 1.82) is 0 Å². The van der Waals surface area contributed by atoms with Gasteiger partial charge in [0.15, 0.2) is 0 Å². The van der Waals surface area contributed by atoms with Crippen molar-refractivity contribution in [2.24, 2.45) is 22.7 Å². The van der Waals surface area contributed by atoms with E-state index in [1.54, 1.807) is 6.92 Å². The van der Waals surface area contributed by atoms with Crippen LogP contribution in [0.15, 0.2) is 12.2 Å². The Morgan fingerprint density at radius 3 is 2.38 bits per heavy atom. The van der Waals surface area contributed by atoms with Crippen LogP contribution in [0, 0.1) is 22.7 Å². The van der Waals surface area contributed by atoms with Crippen LogP contribution in [0.3, 0.4) is 0 Å². The highest BCUT2D eigenvalue weighted by atomic mass is 16.1. The zero-order valence-corrected chi connectivity index (χ0v) is 8.92. The van der Waals surface area contributed by atoms with Gasteiger partial charge >= 0.3 is 0 Å². The van der Waals surface area contributed by atoms with Crippen molar-refractivity contribution >= 4 is 5.78 Å². The van der Waals surface area contributed by atoms with Crippen LogP contribution in [-0.2, 0) is 4.79 Å². The van der Waals surface area contributed by atoms with Crippen LogP contribution in [-0.4, -0.2) is 5.78 Å². The molecule has 0 heterocycles. The normalized spacial score (nSPS) is 45.5. The van der Waals surface area contributed by atoms with E-state index in [0.717, 1.165) is 6.42 Å². The molecule has 0 N–H and O–H groups in total. The molecule has 1 nitrogen and oxygen atoms in total. The van der Waals surface area contributed by atoms with Crippen molar-refractivity contribution in [3.8, 4) is 0 Å². The van der Waals surface area contributed by atoms with Crippen LogP contribution in [0.4, 0.5) is 0 Å². The number of carbonyl (C=O) groups excluding carboxylic acids is 1. The molecular formula is C12H18O. The molecule has 2 rings (SSSR count). The molecule has 0 bridgehead atoms. The summed E-state index contributed by atoms with van der Waals surface area (Å²) < 4.78 is 0. The highest BCUT2D eigenvalue weighted by Gasteiger charge is 2.59. The summed E-state index contributed by atoms with van der Waals surface area (Å²) in [5.74, 6) is 1.34. The van der Waals surface area contributed by atoms with E-state index in [2.05, 4.69) is 32.9 Å². The van der Waals surface area contributed by atoms with E-state index in [1.807, 2.05) is 0 Å². The van der Waals surface area contributed by atoms with Gasteiger partial charge in [-0.1, -0.05) is 32.9 Å². The fourth-order valence-corrected chi connectivity index (χ4v) is 3.28. The van der Waals surface area contributed by atoms with E-state index in [1.165, 1.54) is 0 Å². The van der Waals surface area contributed by atoms with Crippen LogP contribution < -0.4 is 0 Å². The summed E-state index contributed by atoms with van der Waals surface area (Å²) in [6.45, 7) is 8.51. The fourth-order valence-electron chi connectivity index (χ4n) is 3.28. The van der Waals surface area contributed by atoms with E-state index >= 15 is 0 Å². The zero-order chi connectivity index (χ0) is 9.85. The van der Waals surface area contributed by atoms with Gasteiger partial charge in [-0.15, -0.1) is 0 Å². The summed E-state index contributed by atoms with van der Waals surface area (Å²) in [6.07, 6.45) is 5.65. The summed E-state index contributed by atoms with van der Waals surface area (Å²) >= 11 is 0. The molecule has 0 radical (unpaired) electrons. The molecule has 13 heavy (non-hydrogen) atoms. The highest BCUT2D eigenvalue weighted by molar-refractivity contribution is 5.81. The van der Waals surface area contributed by atoms with Crippen molar-refractivity contribution in [2.75, 3.05) is 0 Å². The number of hydrogen-bond donors (Lipinski definition) is 0. The van der Waals surface area contributed by atoms with Gasteiger partial charge in [-0.25, -0.2) is 0 Å². The summed E-state index contributed by atoms with van der Waals surface area (Å²) in [4.78, 5) is 11.4. The third-order valence-electron chi connectivity index (χ3n) is 4.23. The van der Waals surface area contributed by atoms with Gasteiger partial charge < -0.3 is 0 Å². The van der Waals surface area contributed by atoms with Crippen LogP contribution in [0.25, 0.3) is 0 Å². The summed E-state index contributed by atoms with van der Waals surface area (Å²) in [7, 11) is 0. The van der Waals surface area contributed by atoms with Crippen LogP contribution in [0.2, 0.25) is 0 Å². The molecule has 0 spiro atoms. The molecule has 0 amide bonds. The molecule has 1 heteroatoms. The van der Waals surface area contributed by atoms with Crippen molar-refractivity contribution in [3.05, 3.63) is 12.2 Å². The first kappa shape index (κ1) is 8.98. The number of ketones is 1. The third kappa shape index (κ3) is 0.962. The first-order valence-electron chi connectivity index (χ1n) is 5.09. The van der Waals surface area contributed by atoms with E-state index in [0.29, 0.717) is 17.1 Å². The van der Waals surface area contributed by atoms with E-state index in [4.69, 9.17) is 0 Å². The second-order valence-corrected chi connectivity index (χ2v) is 5.47. The van der Waals surface area contributed by atoms with Gasteiger partial charge in [0.2, 0.25) is 0 Å². The van der Waals surface area contributed by atoms with Crippen molar-refractivity contribution in [1.82, 2.24) is 0 Å². The topological polar surface area (TPSA) is 17.1 Å². The highest BCUT2D eigenvalue weighted by Crippen LogP contribution is 2.64. The van der Waals surface area contributed by atoms with Gasteiger partial charge in [0.1, 0.15) is 5.78 Å². The van der Waals surface area contributed by atoms with Gasteiger partial charge in [0.25, 0.3) is 0 Å². The maximum atomic E-state index is 11.4. The lowest BCUT2D eigenvalue weighted by atomic mass is 9.50. The molecule has 2 aliphatic carbocycles. The van der Waals surface area contributed by atoms with E-state index in [9.17, 15) is 4.79 Å². The lowest BCUT2D eigenvalue weighted by Gasteiger charge is -2.53. The maximum absolute atomic E-state index is 11.4. The molecular weight excluding hydrogens is 160 g/mol. The van der Waals surface area contributed by atoms with Crippen LogP contribution >= 0.6 is 0 Å². The molecule has 0 aromatic heterocycles. The Hall–Kier alpha value is -0.590. The number of hydrogen-bond acceptors (Lipinski definition) is 1. The zero-order valence-electron chi connectivity index (χ0n) is 8.92. The molecule has 0 aliphatic heterocycles. The Labute approximate surface area is 80.2 Å². The van der Waals surface area contributed by atoms with Gasteiger partial charge in [0.05, 0.1) is 0 Å².